The third-order valence-electron chi connectivity index (χ3n) is 4.86. The molecule has 4 rings (SSSR count). The summed E-state index contributed by atoms with van der Waals surface area (Å²) in [5.41, 5.74) is 1.96. The first-order chi connectivity index (χ1) is 14.4. The molecule has 2 amide bonds. The zero-order valence-corrected chi connectivity index (χ0v) is 17.1. The molecule has 2 aromatic carbocycles. The van der Waals surface area contributed by atoms with Gasteiger partial charge in [-0.05, 0) is 30.3 Å². The Labute approximate surface area is 177 Å². The molecular weight excluding hydrogens is 408 g/mol. The molecule has 1 aromatic heterocycles. The minimum Gasteiger partial charge on any atom is -0.495 e. The maximum atomic E-state index is 12.7. The number of carbonyl (C=O) groups is 2. The molecular formula is C21H19ClN4O4. The van der Waals surface area contributed by atoms with Crippen molar-refractivity contribution in [3.8, 4) is 17.1 Å². The van der Waals surface area contributed by atoms with Crippen LogP contribution in [0.5, 0.6) is 5.75 Å². The number of amides is 2. The Morgan fingerprint density at radius 3 is 2.83 bits per heavy atom. The summed E-state index contributed by atoms with van der Waals surface area (Å²) in [6.45, 7) is 1.99. The SMILES string of the molecule is COc1ccc(NC(=O)[C@@H]2CC(=O)N(c3cccc(-c4noc(C)n4)c3)C2)cc1Cl. The number of halogens is 1. The highest BCUT2D eigenvalue weighted by Crippen LogP contribution is 2.30. The van der Waals surface area contributed by atoms with Crippen molar-refractivity contribution in [3.63, 3.8) is 0 Å². The summed E-state index contributed by atoms with van der Waals surface area (Å²) >= 11 is 6.11. The highest BCUT2D eigenvalue weighted by Gasteiger charge is 2.35. The number of benzene rings is 2. The normalized spacial score (nSPS) is 16.0. The quantitative estimate of drug-likeness (QED) is 0.668. The van der Waals surface area contributed by atoms with Gasteiger partial charge >= 0.3 is 0 Å². The smallest absolute Gasteiger partial charge is 0.229 e. The molecule has 3 aromatic rings. The largest absolute Gasteiger partial charge is 0.495 e. The fraction of sp³-hybridized carbons (Fsp3) is 0.238. The van der Waals surface area contributed by atoms with Gasteiger partial charge in [-0.2, -0.15) is 4.98 Å². The summed E-state index contributed by atoms with van der Waals surface area (Å²) in [7, 11) is 1.52. The van der Waals surface area contributed by atoms with Crippen LogP contribution in [-0.4, -0.2) is 35.6 Å². The van der Waals surface area contributed by atoms with Crippen molar-refractivity contribution in [1.29, 1.82) is 0 Å². The lowest BCUT2D eigenvalue weighted by Crippen LogP contribution is -2.28. The standard InChI is InChI=1S/C21H19ClN4O4/c1-12-23-20(25-30-12)13-4-3-5-16(8-13)26-11-14(9-19(26)27)21(28)24-15-6-7-18(29-2)17(22)10-15/h3-8,10,14H,9,11H2,1-2H3,(H,24,28)/t14-/m1/s1. The number of methoxy groups -OCH3 is 1. The summed E-state index contributed by atoms with van der Waals surface area (Å²) in [6.07, 6.45) is 0.126. The number of hydrogen-bond acceptors (Lipinski definition) is 6. The van der Waals surface area contributed by atoms with Crippen molar-refractivity contribution in [2.75, 3.05) is 23.9 Å². The zero-order valence-electron chi connectivity index (χ0n) is 16.4. The number of aromatic nitrogens is 2. The molecule has 8 nitrogen and oxygen atoms in total. The van der Waals surface area contributed by atoms with Crippen LogP contribution in [0.1, 0.15) is 12.3 Å². The van der Waals surface area contributed by atoms with Gasteiger partial charge < -0.3 is 19.5 Å². The van der Waals surface area contributed by atoms with Gasteiger partial charge in [0.15, 0.2) is 0 Å². The average molecular weight is 427 g/mol. The predicted octanol–water partition coefficient (Wildman–Crippen LogP) is 3.70. The third kappa shape index (κ3) is 3.99. The van der Waals surface area contributed by atoms with Crippen molar-refractivity contribution < 1.29 is 18.8 Å². The summed E-state index contributed by atoms with van der Waals surface area (Å²) in [5, 5.41) is 7.12. The fourth-order valence-corrected chi connectivity index (χ4v) is 3.61. The number of anilines is 2. The van der Waals surface area contributed by atoms with Crippen LogP contribution in [-0.2, 0) is 9.59 Å². The Hall–Kier alpha value is -3.39. The van der Waals surface area contributed by atoms with Crippen LogP contribution >= 0.6 is 11.6 Å². The number of ether oxygens (including phenoxy) is 1. The molecule has 0 bridgehead atoms. The first-order valence-corrected chi connectivity index (χ1v) is 9.68. The Balaban J connectivity index is 1.47. The molecule has 154 valence electrons. The second-order valence-electron chi connectivity index (χ2n) is 6.93. The van der Waals surface area contributed by atoms with E-state index >= 15 is 0 Å². The molecule has 0 radical (unpaired) electrons. The highest BCUT2D eigenvalue weighted by atomic mass is 35.5. The molecule has 1 aliphatic heterocycles. The summed E-state index contributed by atoms with van der Waals surface area (Å²) in [6, 6.07) is 12.3. The van der Waals surface area contributed by atoms with Crippen LogP contribution in [0.25, 0.3) is 11.4 Å². The van der Waals surface area contributed by atoms with Gasteiger partial charge in [-0.15, -0.1) is 0 Å². The van der Waals surface area contributed by atoms with E-state index in [0.717, 1.165) is 5.56 Å². The van der Waals surface area contributed by atoms with Crippen LogP contribution in [0.2, 0.25) is 5.02 Å². The average Bonchev–Trinajstić information content (AvgIpc) is 3.34. The summed E-state index contributed by atoms with van der Waals surface area (Å²) in [5.74, 6) is 0.596. The van der Waals surface area contributed by atoms with Crippen molar-refractivity contribution >= 4 is 34.8 Å². The van der Waals surface area contributed by atoms with E-state index in [9.17, 15) is 9.59 Å². The highest BCUT2D eigenvalue weighted by molar-refractivity contribution is 6.32. The molecule has 0 saturated carbocycles. The molecule has 1 saturated heterocycles. The fourth-order valence-electron chi connectivity index (χ4n) is 3.35. The van der Waals surface area contributed by atoms with E-state index < -0.39 is 5.92 Å². The van der Waals surface area contributed by atoms with E-state index in [1.807, 2.05) is 24.3 Å². The topological polar surface area (TPSA) is 97.6 Å². The van der Waals surface area contributed by atoms with Crippen molar-refractivity contribution in [2.45, 2.75) is 13.3 Å². The maximum absolute atomic E-state index is 12.7. The lowest BCUT2D eigenvalue weighted by atomic mass is 10.1. The molecule has 1 N–H and O–H groups in total. The van der Waals surface area contributed by atoms with Crippen molar-refractivity contribution in [1.82, 2.24) is 10.1 Å². The molecule has 1 fully saturated rings. The molecule has 1 aliphatic rings. The van der Waals surface area contributed by atoms with E-state index in [0.29, 0.717) is 33.9 Å². The molecule has 0 unspecified atom stereocenters. The van der Waals surface area contributed by atoms with Gasteiger partial charge in [-0.3, -0.25) is 9.59 Å². The zero-order chi connectivity index (χ0) is 21.3. The first-order valence-electron chi connectivity index (χ1n) is 9.30. The molecule has 2 heterocycles. The van der Waals surface area contributed by atoms with Crippen molar-refractivity contribution in [2.24, 2.45) is 5.92 Å². The van der Waals surface area contributed by atoms with E-state index in [2.05, 4.69) is 15.5 Å². The minimum atomic E-state index is -0.477. The number of hydrogen-bond donors (Lipinski definition) is 1. The molecule has 1 atom stereocenters. The molecule has 9 heteroatoms. The van der Waals surface area contributed by atoms with Crippen LogP contribution < -0.4 is 15.0 Å². The Morgan fingerprint density at radius 2 is 2.13 bits per heavy atom. The van der Waals surface area contributed by atoms with E-state index in [1.54, 1.807) is 30.0 Å². The number of carbonyl (C=O) groups excluding carboxylic acids is 2. The lowest BCUT2D eigenvalue weighted by Gasteiger charge is -2.17. The summed E-state index contributed by atoms with van der Waals surface area (Å²) in [4.78, 5) is 31.1. The second kappa shape index (κ2) is 8.16. The second-order valence-corrected chi connectivity index (χ2v) is 7.34. The predicted molar refractivity (Wildman–Crippen MR) is 112 cm³/mol. The number of nitrogens with one attached hydrogen (secondary N) is 1. The number of aryl methyl sites for hydroxylation is 1. The Kier molecular flexibility index (Phi) is 5.41. The van der Waals surface area contributed by atoms with Crippen LogP contribution in [0.3, 0.4) is 0 Å². The van der Waals surface area contributed by atoms with Gasteiger partial charge in [-0.25, -0.2) is 0 Å². The third-order valence-corrected chi connectivity index (χ3v) is 5.15. The Bertz CT molecular complexity index is 1110. The van der Waals surface area contributed by atoms with Crippen LogP contribution in [0.15, 0.2) is 47.0 Å². The minimum absolute atomic E-state index is 0.121. The summed E-state index contributed by atoms with van der Waals surface area (Å²) < 4.78 is 10.1. The van der Waals surface area contributed by atoms with Gasteiger partial charge in [0, 0.05) is 36.8 Å². The molecule has 30 heavy (non-hydrogen) atoms. The van der Waals surface area contributed by atoms with E-state index in [4.69, 9.17) is 20.9 Å². The van der Waals surface area contributed by atoms with Crippen LogP contribution in [0.4, 0.5) is 11.4 Å². The van der Waals surface area contributed by atoms with Gasteiger partial charge in [0.25, 0.3) is 0 Å². The van der Waals surface area contributed by atoms with E-state index in [-0.39, 0.29) is 24.8 Å². The van der Waals surface area contributed by atoms with Crippen molar-refractivity contribution in [3.05, 3.63) is 53.4 Å². The van der Waals surface area contributed by atoms with Gasteiger partial charge in [0.2, 0.25) is 23.5 Å². The number of nitrogens with zero attached hydrogens (tertiary/aromatic N) is 3. The monoisotopic (exact) mass is 426 g/mol. The maximum Gasteiger partial charge on any atom is 0.229 e. The first kappa shape index (κ1) is 19.9. The number of rotatable bonds is 5. The molecule has 0 aliphatic carbocycles. The van der Waals surface area contributed by atoms with E-state index in [1.165, 1.54) is 7.11 Å². The van der Waals surface area contributed by atoms with Gasteiger partial charge in [-0.1, -0.05) is 28.9 Å². The Morgan fingerprint density at radius 1 is 1.30 bits per heavy atom. The van der Waals surface area contributed by atoms with Gasteiger partial charge in [0.1, 0.15) is 5.75 Å². The lowest BCUT2D eigenvalue weighted by molar-refractivity contribution is -0.122. The molecule has 0 spiro atoms. The van der Waals surface area contributed by atoms with Crippen LogP contribution in [0, 0.1) is 12.8 Å². The van der Waals surface area contributed by atoms with Gasteiger partial charge in [0.05, 0.1) is 18.1 Å².